The zero-order chi connectivity index (χ0) is 14.0. The minimum atomic E-state index is -0.0510. The second-order valence-electron chi connectivity index (χ2n) is 4.25. The second kappa shape index (κ2) is 5.45. The second-order valence-corrected chi connectivity index (χ2v) is 5.10. The number of nitrogen functional groups attached to an aromatic ring is 1. The van der Waals surface area contributed by atoms with Crippen LogP contribution in [0.25, 0.3) is 0 Å². The van der Waals surface area contributed by atoms with Gasteiger partial charge in [-0.3, -0.25) is 4.79 Å². The normalized spacial score (nSPS) is 10.3. The Morgan fingerprint density at radius 3 is 2.37 bits per heavy atom. The average Bonchev–Trinajstić information content (AvgIpc) is 2.41. The van der Waals surface area contributed by atoms with Crippen LogP contribution in [-0.2, 0) is 0 Å². The van der Waals surface area contributed by atoms with E-state index in [9.17, 15) is 4.79 Å². The van der Waals surface area contributed by atoms with Crippen molar-refractivity contribution in [3.05, 3.63) is 57.6 Å². The maximum atomic E-state index is 12.3. The maximum absolute atomic E-state index is 12.3. The van der Waals surface area contributed by atoms with Crippen LogP contribution in [0.15, 0.2) is 40.9 Å². The van der Waals surface area contributed by atoms with Crippen molar-refractivity contribution in [2.45, 2.75) is 6.92 Å². The van der Waals surface area contributed by atoms with Gasteiger partial charge in [0.25, 0.3) is 0 Å². The molecule has 0 saturated carbocycles. The van der Waals surface area contributed by atoms with Crippen LogP contribution in [-0.4, -0.2) is 12.9 Å². The largest absolute Gasteiger partial charge is 0.496 e. The summed E-state index contributed by atoms with van der Waals surface area (Å²) in [6, 6.07) is 10.6. The quantitative estimate of drug-likeness (QED) is 0.695. The Morgan fingerprint density at radius 1 is 1.16 bits per heavy atom. The molecule has 0 saturated heterocycles. The molecule has 0 fully saturated rings. The molecule has 0 aliphatic rings. The molecule has 0 spiro atoms. The van der Waals surface area contributed by atoms with Gasteiger partial charge in [0.1, 0.15) is 5.75 Å². The number of halogens is 1. The average molecular weight is 320 g/mol. The summed E-state index contributed by atoms with van der Waals surface area (Å²) in [4.78, 5) is 12.3. The highest BCUT2D eigenvalue weighted by atomic mass is 79.9. The van der Waals surface area contributed by atoms with Crippen LogP contribution in [0.4, 0.5) is 5.69 Å². The van der Waals surface area contributed by atoms with Crippen molar-refractivity contribution in [3.8, 4) is 5.75 Å². The van der Waals surface area contributed by atoms with E-state index in [-0.39, 0.29) is 5.78 Å². The Hall–Kier alpha value is -1.81. The van der Waals surface area contributed by atoms with Crippen LogP contribution in [0.5, 0.6) is 5.75 Å². The molecule has 0 aliphatic carbocycles. The van der Waals surface area contributed by atoms with Gasteiger partial charge in [0.2, 0.25) is 0 Å². The summed E-state index contributed by atoms with van der Waals surface area (Å²) >= 11 is 3.31. The Morgan fingerprint density at radius 2 is 1.79 bits per heavy atom. The molecule has 0 heterocycles. The van der Waals surface area contributed by atoms with Crippen LogP contribution in [0.3, 0.4) is 0 Å². The topological polar surface area (TPSA) is 52.3 Å². The van der Waals surface area contributed by atoms with Gasteiger partial charge in [-0.25, -0.2) is 0 Å². The zero-order valence-electron chi connectivity index (χ0n) is 10.7. The lowest BCUT2D eigenvalue weighted by molar-refractivity contribution is 0.103. The summed E-state index contributed by atoms with van der Waals surface area (Å²) in [6.45, 7) is 1.91. The third kappa shape index (κ3) is 2.79. The first-order valence-electron chi connectivity index (χ1n) is 5.77. The molecule has 2 N–H and O–H groups in total. The highest BCUT2D eigenvalue weighted by molar-refractivity contribution is 9.10. The zero-order valence-corrected chi connectivity index (χ0v) is 12.3. The number of hydrogen-bond donors (Lipinski definition) is 1. The minimum absolute atomic E-state index is 0.0510. The standard InChI is InChI=1S/C15H14BrNO2/c1-9-7-10(4-6-14(9)19-2)15(18)11-3-5-12(16)13(17)8-11/h3-8H,17H2,1-2H3. The number of hydrogen-bond acceptors (Lipinski definition) is 3. The van der Waals surface area contributed by atoms with Gasteiger partial charge in [0.15, 0.2) is 5.78 Å². The molecular formula is C15H14BrNO2. The number of carbonyl (C=O) groups excluding carboxylic acids is 1. The number of ketones is 1. The van der Waals surface area contributed by atoms with Crippen molar-refractivity contribution < 1.29 is 9.53 Å². The summed E-state index contributed by atoms with van der Waals surface area (Å²) in [5.74, 6) is 0.719. The van der Waals surface area contributed by atoms with Crippen molar-refractivity contribution >= 4 is 27.4 Å². The van der Waals surface area contributed by atoms with Crippen LogP contribution in [0.2, 0.25) is 0 Å². The molecule has 3 nitrogen and oxygen atoms in total. The lowest BCUT2D eigenvalue weighted by Crippen LogP contribution is -2.03. The predicted molar refractivity (Wildman–Crippen MR) is 79.7 cm³/mol. The molecule has 0 unspecified atom stereocenters. The molecule has 0 amide bonds. The van der Waals surface area contributed by atoms with Crippen molar-refractivity contribution in [2.24, 2.45) is 0 Å². The fourth-order valence-electron chi connectivity index (χ4n) is 1.87. The molecule has 98 valence electrons. The van der Waals surface area contributed by atoms with E-state index >= 15 is 0 Å². The Bertz CT molecular complexity index is 638. The van der Waals surface area contributed by atoms with E-state index in [1.807, 2.05) is 13.0 Å². The van der Waals surface area contributed by atoms with Gasteiger partial charge in [0.05, 0.1) is 7.11 Å². The Kier molecular flexibility index (Phi) is 3.90. The number of methoxy groups -OCH3 is 1. The van der Waals surface area contributed by atoms with Gasteiger partial charge in [-0.1, -0.05) is 0 Å². The summed E-state index contributed by atoms with van der Waals surface area (Å²) < 4.78 is 5.97. The molecule has 0 radical (unpaired) electrons. The van der Waals surface area contributed by atoms with E-state index in [0.29, 0.717) is 16.8 Å². The van der Waals surface area contributed by atoms with E-state index in [0.717, 1.165) is 15.8 Å². The minimum Gasteiger partial charge on any atom is -0.496 e. The van der Waals surface area contributed by atoms with Gasteiger partial charge in [-0.2, -0.15) is 0 Å². The van der Waals surface area contributed by atoms with Crippen LogP contribution >= 0.6 is 15.9 Å². The van der Waals surface area contributed by atoms with Gasteiger partial charge < -0.3 is 10.5 Å². The molecule has 0 aromatic heterocycles. The number of nitrogens with two attached hydrogens (primary N) is 1. The number of ether oxygens (including phenoxy) is 1. The summed E-state index contributed by atoms with van der Waals surface area (Å²) in [5.41, 5.74) is 8.47. The van der Waals surface area contributed by atoms with Crippen LogP contribution in [0.1, 0.15) is 21.5 Å². The number of aryl methyl sites for hydroxylation is 1. The van der Waals surface area contributed by atoms with Crippen molar-refractivity contribution in [2.75, 3.05) is 12.8 Å². The van der Waals surface area contributed by atoms with E-state index < -0.39 is 0 Å². The SMILES string of the molecule is COc1ccc(C(=O)c2ccc(Br)c(N)c2)cc1C. The van der Waals surface area contributed by atoms with Gasteiger partial charge in [-0.15, -0.1) is 0 Å². The van der Waals surface area contributed by atoms with Crippen LogP contribution < -0.4 is 10.5 Å². The lowest BCUT2D eigenvalue weighted by atomic mass is 10.0. The van der Waals surface area contributed by atoms with Crippen LogP contribution in [0, 0.1) is 6.92 Å². The van der Waals surface area contributed by atoms with Gasteiger partial charge >= 0.3 is 0 Å². The van der Waals surface area contributed by atoms with Crippen molar-refractivity contribution in [3.63, 3.8) is 0 Å². The number of anilines is 1. The summed E-state index contributed by atoms with van der Waals surface area (Å²) in [5, 5.41) is 0. The van der Waals surface area contributed by atoms with Gasteiger partial charge in [0, 0.05) is 21.3 Å². The van der Waals surface area contributed by atoms with Gasteiger partial charge in [-0.05, 0) is 64.8 Å². The van der Waals surface area contributed by atoms with E-state index in [4.69, 9.17) is 10.5 Å². The molecule has 0 atom stereocenters. The Labute approximate surface area is 120 Å². The first-order valence-corrected chi connectivity index (χ1v) is 6.56. The highest BCUT2D eigenvalue weighted by Gasteiger charge is 2.11. The maximum Gasteiger partial charge on any atom is 0.193 e. The third-order valence-corrected chi connectivity index (χ3v) is 3.64. The monoisotopic (exact) mass is 319 g/mol. The molecule has 2 aromatic carbocycles. The fraction of sp³-hybridized carbons (Fsp3) is 0.133. The summed E-state index contributed by atoms with van der Waals surface area (Å²) in [6.07, 6.45) is 0. The van der Waals surface area contributed by atoms with E-state index in [2.05, 4.69) is 15.9 Å². The van der Waals surface area contributed by atoms with E-state index in [1.54, 1.807) is 37.4 Å². The molecule has 4 heteroatoms. The highest BCUT2D eigenvalue weighted by Crippen LogP contribution is 2.24. The first-order chi connectivity index (χ1) is 9.02. The molecule has 2 rings (SSSR count). The summed E-state index contributed by atoms with van der Waals surface area (Å²) in [7, 11) is 1.61. The molecule has 0 bridgehead atoms. The van der Waals surface area contributed by atoms with Crippen molar-refractivity contribution in [1.29, 1.82) is 0 Å². The van der Waals surface area contributed by atoms with Crippen molar-refractivity contribution in [1.82, 2.24) is 0 Å². The smallest absolute Gasteiger partial charge is 0.193 e. The molecule has 2 aromatic rings. The third-order valence-electron chi connectivity index (χ3n) is 2.92. The fourth-order valence-corrected chi connectivity index (χ4v) is 2.12. The van der Waals surface area contributed by atoms with E-state index in [1.165, 1.54) is 0 Å². The molecular weight excluding hydrogens is 306 g/mol. The lowest BCUT2D eigenvalue weighted by Gasteiger charge is -2.08. The number of benzene rings is 2. The number of rotatable bonds is 3. The molecule has 19 heavy (non-hydrogen) atoms. The predicted octanol–water partition coefficient (Wildman–Crippen LogP) is 3.58. The number of carbonyl (C=O) groups is 1. The molecule has 0 aliphatic heterocycles. The first kappa shape index (κ1) is 13.6. The Balaban J connectivity index is 2.38.